The van der Waals surface area contributed by atoms with Gasteiger partial charge in [-0.05, 0) is 37.7 Å². The molecule has 0 rings (SSSR count). The normalized spacial score (nSPS) is 14.0. The molecule has 0 radical (unpaired) electrons. The minimum Gasteiger partial charge on any atom is -0.480 e. The van der Waals surface area contributed by atoms with Gasteiger partial charge in [-0.1, -0.05) is 0 Å². The molecular formula is C19H36N8O6S2. The maximum atomic E-state index is 12.9. The number of aliphatic carboxylic acids is 1. The van der Waals surface area contributed by atoms with E-state index in [0.29, 0.717) is 18.6 Å². The van der Waals surface area contributed by atoms with E-state index in [-0.39, 0.29) is 37.5 Å². The molecule has 0 aromatic carbocycles. The third kappa shape index (κ3) is 14.3. The Balaban J connectivity index is 5.32. The van der Waals surface area contributed by atoms with Gasteiger partial charge in [0.05, 0.1) is 6.04 Å². The average Bonchev–Trinajstić information content (AvgIpc) is 2.79. The van der Waals surface area contributed by atoms with Crippen LogP contribution < -0.4 is 38.9 Å². The molecule has 0 saturated carbocycles. The summed E-state index contributed by atoms with van der Waals surface area (Å²) in [6.07, 6.45) is 2.27. The van der Waals surface area contributed by atoms with Crippen LogP contribution in [-0.2, 0) is 24.0 Å². The molecule has 0 aromatic heterocycles. The standard InChI is InChI=1S/C19H36N8O6S2/c1-35-8-6-10(20)15(29)25-11(3-2-7-24-19(22)23)16(30)27-13(9-34)17(31)26-12(18(32)33)4-5-14(21)28/h10-13,34H,2-9,20H2,1H3,(H2,21,28)(H,25,29)(H,26,31)(H,27,30)(H,32,33)(H4,22,23,24). The number of hydrogen-bond donors (Lipinski definition) is 9. The highest BCUT2D eigenvalue weighted by atomic mass is 32.2. The Hall–Kier alpha value is -2.72. The number of aliphatic imine (C=N–C) groups is 1. The highest BCUT2D eigenvalue weighted by molar-refractivity contribution is 7.98. The third-order valence-corrected chi connectivity index (χ3v) is 5.67. The van der Waals surface area contributed by atoms with Crippen LogP contribution in [-0.4, -0.2) is 89.1 Å². The first-order valence-electron chi connectivity index (χ1n) is 10.8. The van der Waals surface area contributed by atoms with E-state index in [0.717, 1.165) is 0 Å². The van der Waals surface area contributed by atoms with E-state index >= 15 is 0 Å². The molecule has 0 bridgehead atoms. The molecule has 0 heterocycles. The number of hydrogen-bond acceptors (Lipinski definition) is 9. The van der Waals surface area contributed by atoms with Crippen LogP contribution >= 0.6 is 24.4 Å². The van der Waals surface area contributed by atoms with E-state index < -0.39 is 53.8 Å². The summed E-state index contributed by atoms with van der Waals surface area (Å²) in [6, 6.07) is -4.50. The number of nitrogens with zero attached hydrogens (tertiary/aromatic N) is 1. The van der Waals surface area contributed by atoms with Crippen LogP contribution in [0.15, 0.2) is 4.99 Å². The molecule has 0 fully saturated rings. The van der Waals surface area contributed by atoms with Crippen molar-refractivity contribution in [1.29, 1.82) is 0 Å². The minimum atomic E-state index is -1.39. The molecule has 14 nitrogen and oxygen atoms in total. The zero-order valence-electron chi connectivity index (χ0n) is 19.6. The van der Waals surface area contributed by atoms with Gasteiger partial charge in [0.2, 0.25) is 23.6 Å². The molecule has 4 unspecified atom stereocenters. The van der Waals surface area contributed by atoms with E-state index in [1.54, 1.807) is 0 Å². The third-order valence-electron chi connectivity index (χ3n) is 4.66. The zero-order valence-corrected chi connectivity index (χ0v) is 21.3. The van der Waals surface area contributed by atoms with Gasteiger partial charge in [-0.15, -0.1) is 0 Å². The fraction of sp³-hybridized carbons (Fsp3) is 0.684. The SMILES string of the molecule is CSCCC(N)C(=O)NC(CCCN=C(N)N)C(=O)NC(CS)C(=O)NC(CCC(N)=O)C(=O)O. The molecule has 0 saturated heterocycles. The number of nitrogens with two attached hydrogens (primary N) is 4. The minimum absolute atomic E-state index is 0.120. The van der Waals surface area contributed by atoms with Gasteiger partial charge in [0, 0.05) is 18.7 Å². The first-order chi connectivity index (χ1) is 16.4. The van der Waals surface area contributed by atoms with Crippen molar-refractivity contribution in [2.75, 3.05) is 24.3 Å². The van der Waals surface area contributed by atoms with Crippen LogP contribution in [0.5, 0.6) is 0 Å². The van der Waals surface area contributed by atoms with E-state index in [1.165, 1.54) is 11.8 Å². The quantitative estimate of drug-likeness (QED) is 0.0368. The van der Waals surface area contributed by atoms with Gasteiger partial charge in [-0.3, -0.25) is 24.2 Å². The molecule has 4 atom stereocenters. The van der Waals surface area contributed by atoms with Crippen molar-refractivity contribution in [3.05, 3.63) is 0 Å². The second-order valence-corrected chi connectivity index (χ2v) is 8.90. The molecule has 0 aromatic rings. The fourth-order valence-corrected chi connectivity index (χ4v) is 3.46. The number of thiol groups is 1. The lowest BCUT2D eigenvalue weighted by molar-refractivity contribution is -0.142. The predicted octanol–water partition coefficient (Wildman–Crippen LogP) is -3.15. The van der Waals surface area contributed by atoms with Gasteiger partial charge in [0.15, 0.2) is 5.96 Å². The van der Waals surface area contributed by atoms with E-state index in [4.69, 9.17) is 22.9 Å². The van der Waals surface area contributed by atoms with Crippen molar-refractivity contribution in [1.82, 2.24) is 16.0 Å². The maximum absolute atomic E-state index is 12.9. The summed E-state index contributed by atoms with van der Waals surface area (Å²) in [7, 11) is 0. The van der Waals surface area contributed by atoms with E-state index in [2.05, 4.69) is 33.6 Å². The Labute approximate surface area is 213 Å². The number of carbonyl (C=O) groups is 5. The van der Waals surface area contributed by atoms with Crippen LogP contribution in [0.25, 0.3) is 0 Å². The fourth-order valence-electron chi connectivity index (χ4n) is 2.71. The molecular weight excluding hydrogens is 500 g/mol. The van der Waals surface area contributed by atoms with Crippen molar-refractivity contribution >= 4 is 59.9 Å². The van der Waals surface area contributed by atoms with E-state index in [9.17, 15) is 29.1 Å². The summed E-state index contributed by atoms with van der Waals surface area (Å²) in [6.45, 7) is 0.206. The van der Waals surface area contributed by atoms with Crippen molar-refractivity contribution in [3.8, 4) is 0 Å². The topological polar surface area (TPSA) is 258 Å². The monoisotopic (exact) mass is 536 g/mol. The van der Waals surface area contributed by atoms with Crippen molar-refractivity contribution in [3.63, 3.8) is 0 Å². The molecule has 4 amide bonds. The smallest absolute Gasteiger partial charge is 0.326 e. The van der Waals surface area contributed by atoms with Gasteiger partial charge in [-0.25, -0.2) is 4.79 Å². The number of carboxylic acid groups (broad SMARTS) is 1. The highest BCUT2D eigenvalue weighted by Crippen LogP contribution is 2.05. The van der Waals surface area contributed by atoms with Gasteiger partial charge < -0.3 is 44.0 Å². The van der Waals surface area contributed by atoms with Gasteiger partial charge in [-0.2, -0.15) is 24.4 Å². The summed E-state index contributed by atoms with van der Waals surface area (Å²) in [5.41, 5.74) is 21.5. The summed E-state index contributed by atoms with van der Waals surface area (Å²) in [5, 5.41) is 16.5. The molecule has 0 spiro atoms. The summed E-state index contributed by atoms with van der Waals surface area (Å²) in [5.74, 6) is -3.78. The molecule has 0 aliphatic rings. The van der Waals surface area contributed by atoms with Gasteiger partial charge >= 0.3 is 5.97 Å². The first-order valence-corrected chi connectivity index (χ1v) is 12.8. The summed E-state index contributed by atoms with van der Waals surface area (Å²) >= 11 is 5.57. The van der Waals surface area contributed by atoms with Crippen LogP contribution in [0.2, 0.25) is 0 Å². The Morgan fingerprint density at radius 3 is 2.00 bits per heavy atom. The molecule has 16 heteroatoms. The van der Waals surface area contributed by atoms with Crippen LogP contribution in [0, 0.1) is 0 Å². The molecule has 0 aliphatic carbocycles. The number of carbonyl (C=O) groups excluding carboxylic acids is 4. The number of thioether (sulfide) groups is 1. The van der Waals surface area contributed by atoms with E-state index in [1.807, 2.05) is 6.26 Å². The summed E-state index contributed by atoms with van der Waals surface area (Å²) < 4.78 is 0. The van der Waals surface area contributed by atoms with Crippen molar-refractivity contribution < 1.29 is 29.1 Å². The number of carboxylic acids is 1. The second kappa shape index (κ2) is 17.7. The lowest BCUT2D eigenvalue weighted by Gasteiger charge is -2.24. The number of guanidine groups is 1. The van der Waals surface area contributed by atoms with Gasteiger partial charge in [0.25, 0.3) is 0 Å². The van der Waals surface area contributed by atoms with Crippen molar-refractivity contribution in [2.24, 2.45) is 27.9 Å². The average molecular weight is 537 g/mol. The Morgan fingerprint density at radius 1 is 0.914 bits per heavy atom. The number of nitrogens with one attached hydrogen (secondary N) is 3. The molecule has 200 valence electrons. The largest absolute Gasteiger partial charge is 0.480 e. The molecule has 0 aliphatic heterocycles. The maximum Gasteiger partial charge on any atom is 0.326 e. The number of amides is 4. The number of primary amides is 1. The zero-order chi connectivity index (χ0) is 27.0. The lowest BCUT2D eigenvalue weighted by Crippen LogP contribution is -2.57. The Morgan fingerprint density at radius 2 is 1.49 bits per heavy atom. The molecule has 35 heavy (non-hydrogen) atoms. The lowest BCUT2D eigenvalue weighted by atomic mass is 10.1. The first kappa shape index (κ1) is 32.3. The summed E-state index contributed by atoms with van der Waals surface area (Å²) in [4.78, 5) is 64.1. The van der Waals surface area contributed by atoms with Crippen LogP contribution in [0.3, 0.4) is 0 Å². The van der Waals surface area contributed by atoms with Crippen molar-refractivity contribution in [2.45, 2.75) is 56.3 Å². The van der Waals surface area contributed by atoms with Gasteiger partial charge in [0.1, 0.15) is 18.1 Å². The Bertz CT molecular complexity index is 766. The highest BCUT2D eigenvalue weighted by Gasteiger charge is 2.29. The number of rotatable bonds is 18. The van der Waals surface area contributed by atoms with Crippen LogP contribution in [0.1, 0.15) is 32.1 Å². The van der Waals surface area contributed by atoms with Crippen LogP contribution in [0.4, 0.5) is 0 Å². The molecule has 12 N–H and O–H groups in total. The predicted molar refractivity (Wildman–Crippen MR) is 137 cm³/mol. The second-order valence-electron chi connectivity index (χ2n) is 7.55. The Kier molecular flexibility index (Phi) is 16.3.